The van der Waals surface area contributed by atoms with Gasteiger partial charge in [0.1, 0.15) is 5.76 Å². The van der Waals surface area contributed by atoms with Crippen LogP contribution in [0.4, 0.5) is 0 Å². The van der Waals surface area contributed by atoms with E-state index >= 15 is 0 Å². The van der Waals surface area contributed by atoms with Gasteiger partial charge >= 0.3 is 0 Å². The molecule has 1 aromatic carbocycles. The van der Waals surface area contributed by atoms with Crippen LogP contribution in [0.25, 0.3) is 11.1 Å². The average Bonchev–Trinajstić information content (AvgIpc) is 3.19. The van der Waals surface area contributed by atoms with Gasteiger partial charge in [0, 0.05) is 12.1 Å². The summed E-state index contributed by atoms with van der Waals surface area (Å²) in [7, 11) is 0. The van der Waals surface area contributed by atoms with Crippen molar-refractivity contribution in [3.63, 3.8) is 0 Å². The van der Waals surface area contributed by atoms with Crippen LogP contribution in [0, 0.1) is 13.8 Å². The maximum absolute atomic E-state index is 12.2. The first kappa shape index (κ1) is 15.5. The molecule has 0 aliphatic carbocycles. The smallest absolute Gasteiger partial charge is 0.224 e. The highest BCUT2D eigenvalue weighted by molar-refractivity contribution is 7.08. The third kappa shape index (κ3) is 3.51. The standard InChI is InChI=1S/C18H18N2O2S/c1-12-17(13(2)22-20-12)9-18(21)19-10-14-5-3-4-6-16(14)15-7-8-23-11-15/h3-8,11H,9-10H2,1-2H3,(H,19,21). The summed E-state index contributed by atoms with van der Waals surface area (Å²) in [5, 5.41) is 11.0. The molecule has 5 heteroatoms. The van der Waals surface area contributed by atoms with E-state index in [0.29, 0.717) is 18.7 Å². The van der Waals surface area contributed by atoms with Gasteiger partial charge in [0.2, 0.25) is 5.91 Å². The van der Waals surface area contributed by atoms with Crippen molar-refractivity contribution in [2.75, 3.05) is 0 Å². The zero-order valence-corrected chi connectivity index (χ0v) is 13.9. The molecule has 0 aliphatic heterocycles. The molecule has 3 aromatic rings. The van der Waals surface area contributed by atoms with Crippen LogP contribution in [-0.4, -0.2) is 11.1 Å². The van der Waals surface area contributed by atoms with E-state index in [-0.39, 0.29) is 5.91 Å². The van der Waals surface area contributed by atoms with Crippen molar-refractivity contribution in [1.29, 1.82) is 0 Å². The highest BCUT2D eigenvalue weighted by Gasteiger charge is 2.13. The number of rotatable bonds is 5. The van der Waals surface area contributed by atoms with E-state index in [1.54, 1.807) is 11.3 Å². The molecule has 0 spiro atoms. The molecule has 1 amide bonds. The van der Waals surface area contributed by atoms with Gasteiger partial charge in [0.05, 0.1) is 12.1 Å². The van der Waals surface area contributed by atoms with Gasteiger partial charge < -0.3 is 9.84 Å². The van der Waals surface area contributed by atoms with Crippen molar-refractivity contribution in [3.8, 4) is 11.1 Å². The summed E-state index contributed by atoms with van der Waals surface area (Å²) in [6.45, 7) is 4.19. The molecule has 23 heavy (non-hydrogen) atoms. The van der Waals surface area contributed by atoms with Crippen LogP contribution in [-0.2, 0) is 17.8 Å². The lowest BCUT2D eigenvalue weighted by Gasteiger charge is -2.10. The number of aryl methyl sites for hydroxylation is 2. The maximum Gasteiger partial charge on any atom is 0.224 e. The predicted molar refractivity (Wildman–Crippen MR) is 91.3 cm³/mol. The van der Waals surface area contributed by atoms with Crippen molar-refractivity contribution in [3.05, 3.63) is 63.7 Å². The predicted octanol–water partition coefficient (Wildman–Crippen LogP) is 3.88. The molecule has 1 N–H and O–H groups in total. The van der Waals surface area contributed by atoms with Gasteiger partial charge in [-0.05, 0) is 47.4 Å². The second-order valence-electron chi connectivity index (χ2n) is 5.43. The Morgan fingerprint density at radius 1 is 1.26 bits per heavy atom. The second kappa shape index (κ2) is 6.79. The number of benzene rings is 1. The van der Waals surface area contributed by atoms with Gasteiger partial charge in [0.15, 0.2) is 0 Å². The number of hydrogen-bond donors (Lipinski definition) is 1. The van der Waals surface area contributed by atoms with Crippen molar-refractivity contribution in [2.45, 2.75) is 26.8 Å². The normalized spacial score (nSPS) is 10.7. The molecule has 4 nitrogen and oxygen atoms in total. The average molecular weight is 326 g/mol. The minimum Gasteiger partial charge on any atom is -0.361 e. The van der Waals surface area contributed by atoms with E-state index in [1.807, 2.05) is 32.0 Å². The summed E-state index contributed by atoms with van der Waals surface area (Å²) in [6.07, 6.45) is 0.293. The molecular formula is C18H18N2O2S. The Balaban J connectivity index is 1.68. The van der Waals surface area contributed by atoms with Gasteiger partial charge in [-0.25, -0.2) is 0 Å². The molecule has 0 saturated carbocycles. The van der Waals surface area contributed by atoms with Gasteiger partial charge in [0.25, 0.3) is 0 Å². The van der Waals surface area contributed by atoms with Crippen LogP contribution in [0.3, 0.4) is 0 Å². The molecule has 2 heterocycles. The van der Waals surface area contributed by atoms with Crippen molar-refractivity contribution >= 4 is 17.2 Å². The quantitative estimate of drug-likeness (QED) is 0.774. The van der Waals surface area contributed by atoms with Crippen molar-refractivity contribution < 1.29 is 9.32 Å². The lowest BCUT2D eigenvalue weighted by Crippen LogP contribution is -2.25. The lowest BCUT2D eigenvalue weighted by atomic mass is 10.0. The van der Waals surface area contributed by atoms with Crippen molar-refractivity contribution in [2.24, 2.45) is 0 Å². The molecule has 2 aromatic heterocycles. The number of nitrogens with one attached hydrogen (secondary N) is 1. The molecule has 0 radical (unpaired) electrons. The number of nitrogens with zero attached hydrogens (tertiary/aromatic N) is 1. The lowest BCUT2D eigenvalue weighted by molar-refractivity contribution is -0.120. The van der Waals surface area contributed by atoms with Gasteiger partial charge in [-0.15, -0.1) is 0 Å². The number of thiophene rings is 1. The third-order valence-electron chi connectivity index (χ3n) is 3.84. The molecular weight excluding hydrogens is 308 g/mol. The minimum atomic E-state index is -0.0282. The largest absolute Gasteiger partial charge is 0.361 e. The first-order valence-corrected chi connectivity index (χ1v) is 8.38. The van der Waals surface area contributed by atoms with E-state index in [4.69, 9.17) is 4.52 Å². The molecule has 0 fully saturated rings. The summed E-state index contributed by atoms with van der Waals surface area (Å²) >= 11 is 1.67. The van der Waals surface area contributed by atoms with E-state index in [0.717, 1.165) is 22.4 Å². The van der Waals surface area contributed by atoms with Crippen molar-refractivity contribution in [1.82, 2.24) is 10.5 Å². The monoisotopic (exact) mass is 326 g/mol. The fourth-order valence-corrected chi connectivity index (χ4v) is 3.20. The Morgan fingerprint density at radius 3 is 2.78 bits per heavy atom. The fraction of sp³-hybridized carbons (Fsp3) is 0.222. The van der Waals surface area contributed by atoms with Crippen LogP contribution < -0.4 is 5.32 Å². The molecule has 0 saturated heterocycles. The molecule has 0 aliphatic rings. The first-order valence-electron chi connectivity index (χ1n) is 7.44. The molecule has 118 valence electrons. The van der Waals surface area contributed by atoms with Gasteiger partial charge in [-0.1, -0.05) is 29.4 Å². The topological polar surface area (TPSA) is 55.1 Å². The first-order chi connectivity index (χ1) is 11.1. The summed E-state index contributed by atoms with van der Waals surface area (Å²) < 4.78 is 5.10. The molecule has 0 bridgehead atoms. The zero-order valence-electron chi connectivity index (χ0n) is 13.1. The van der Waals surface area contributed by atoms with E-state index < -0.39 is 0 Å². The molecule has 0 unspecified atom stereocenters. The summed E-state index contributed by atoms with van der Waals surface area (Å²) in [4.78, 5) is 12.2. The van der Waals surface area contributed by atoms with Crippen LogP contribution in [0.15, 0.2) is 45.6 Å². The van der Waals surface area contributed by atoms with Crippen LogP contribution in [0.2, 0.25) is 0 Å². The van der Waals surface area contributed by atoms with E-state index in [9.17, 15) is 4.79 Å². The fourth-order valence-electron chi connectivity index (χ4n) is 2.54. The van der Waals surface area contributed by atoms with E-state index in [1.165, 1.54) is 5.56 Å². The number of hydrogen-bond acceptors (Lipinski definition) is 4. The summed E-state index contributed by atoms with van der Waals surface area (Å²) in [5.74, 6) is 0.677. The van der Waals surface area contributed by atoms with Crippen LogP contribution >= 0.6 is 11.3 Å². The number of aromatic nitrogens is 1. The van der Waals surface area contributed by atoms with Gasteiger partial charge in [-0.3, -0.25) is 4.79 Å². The number of carbonyl (C=O) groups is 1. The highest BCUT2D eigenvalue weighted by atomic mass is 32.1. The molecule has 0 atom stereocenters. The summed E-state index contributed by atoms with van der Waals surface area (Å²) in [6, 6.07) is 10.2. The van der Waals surface area contributed by atoms with Crippen LogP contribution in [0.1, 0.15) is 22.6 Å². The SMILES string of the molecule is Cc1noc(C)c1CC(=O)NCc1ccccc1-c1ccsc1. The third-order valence-corrected chi connectivity index (χ3v) is 4.53. The number of amides is 1. The molecule has 3 rings (SSSR count). The Labute approximate surface area is 139 Å². The van der Waals surface area contributed by atoms with Crippen LogP contribution in [0.5, 0.6) is 0 Å². The maximum atomic E-state index is 12.2. The number of carbonyl (C=O) groups excluding carboxylic acids is 1. The van der Waals surface area contributed by atoms with Gasteiger partial charge in [-0.2, -0.15) is 11.3 Å². The Hall–Kier alpha value is -2.40. The Bertz CT molecular complexity index is 787. The Morgan fingerprint density at radius 2 is 2.09 bits per heavy atom. The highest BCUT2D eigenvalue weighted by Crippen LogP contribution is 2.25. The minimum absolute atomic E-state index is 0.0282. The second-order valence-corrected chi connectivity index (χ2v) is 6.21. The summed E-state index contributed by atoms with van der Waals surface area (Å²) in [5.41, 5.74) is 5.10. The zero-order chi connectivity index (χ0) is 16.2. The Kier molecular flexibility index (Phi) is 4.57. The van der Waals surface area contributed by atoms with E-state index in [2.05, 4.69) is 33.4 Å².